The normalized spacial score (nSPS) is 11.1. The summed E-state index contributed by atoms with van der Waals surface area (Å²) in [6, 6.07) is 54.0. The van der Waals surface area contributed by atoms with Gasteiger partial charge in [-0.3, -0.25) is 10.3 Å². The maximum absolute atomic E-state index is 10.3. The van der Waals surface area contributed by atoms with E-state index in [4.69, 9.17) is 4.42 Å². The van der Waals surface area contributed by atoms with Crippen molar-refractivity contribution in [2.45, 2.75) is 40.5 Å². The van der Waals surface area contributed by atoms with E-state index in [0.29, 0.717) is 0 Å². The first-order valence-corrected chi connectivity index (χ1v) is 20.9. The largest absolute Gasteiger partial charge is 0.456 e. The molecule has 0 unspecified atom stereocenters. The molecule has 7 aromatic carbocycles. The van der Waals surface area contributed by atoms with Gasteiger partial charge in [0.25, 0.3) is 0 Å². The van der Waals surface area contributed by atoms with Crippen LogP contribution < -0.4 is 16.1 Å². The third-order valence-corrected chi connectivity index (χ3v) is 10.6. The van der Waals surface area contributed by atoms with Crippen molar-refractivity contribution >= 4 is 45.0 Å². The van der Waals surface area contributed by atoms with Crippen LogP contribution in [0.2, 0.25) is 0 Å². The molecule has 61 heavy (non-hydrogen) atoms. The fraction of sp³-hybridized carbons (Fsp3) is 0.164. The second-order valence-corrected chi connectivity index (χ2v) is 14.3. The Morgan fingerprint density at radius 1 is 0.672 bits per heavy atom. The Kier molecular flexibility index (Phi) is 17.0. The summed E-state index contributed by atoms with van der Waals surface area (Å²) >= 11 is 0. The predicted octanol–water partition coefficient (Wildman–Crippen LogP) is 14.5. The summed E-state index contributed by atoms with van der Waals surface area (Å²) in [5, 5.41) is 16.8. The van der Waals surface area contributed by atoms with Gasteiger partial charge in [0, 0.05) is 57.6 Å². The molecule has 0 aliphatic heterocycles. The quantitative estimate of drug-likeness (QED) is 0.113. The van der Waals surface area contributed by atoms with Crippen molar-refractivity contribution in [1.29, 1.82) is 0 Å². The van der Waals surface area contributed by atoms with Gasteiger partial charge in [-0.25, -0.2) is 0 Å². The first kappa shape index (κ1) is 46.5. The van der Waals surface area contributed by atoms with Crippen LogP contribution in [-0.2, 0) is 39.1 Å². The number of hydroxylamine groups is 1. The molecule has 0 aliphatic rings. The Balaban J connectivity index is 0.00000137. The molecular formula is C55H57N3O2Y. The number of hydrogen-bond donors (Lipinski definition) is 3. The maximum atomic E-state index is 10.3. The molecule has 0 fully saturated rings. The molecule has 4 N–H and O–H groups in total. The zero-order valence-corrected chi connectivity index (χ0v) is 39.4. The minimum atomic E-state index is 0. The molecular weight excluding hydrogens is 824 g/mol. The van der Waals surface area contributed by atoms with E-state index in [-0.39, 0.29) is 32.7 Å². The molecule has 0 amide bonds. The molecule has 1 radical (unpaired) electrons. The summed E-state index contributed by atoms with van der Waals surface area (Å²) in [5.74, 6) is 0. The number of rotatable bonds is 11. The van der Waals surface area contributed by atoms with Gasteiger partial charge in [-0.05, 0) is 130 Å². The molecule has 307 valence electrons. The number of nitrogens with zero attached hydrogens (tertiary/aromatic N) is 1. The number of furan rings is 1. The van der Waals surface area contributed by atoms with Gasteiger partial charge in [-0.15, -0.1) is 0 Å². The maximum Gasteiger partial charge on any atom is 0.135 e. The third-order valence-electron chi connectivity index (χ3n) is 10.6. The Hall–Kier alpha value is -5.56. The number of nitrogens with one attached hydrogen (secondary N) is 1. The molecule has 5 nitrogen and oxygen atoms in total. The van der Waals surface area contributed by atoms with E-state index in [0.717, 1.165) is 73.5 Å². The van der Waals surface area contributed by atoms with Crippen LogP contribution in [0.25, 0.3) is 67.0 Å². The second-order valence-electron chi connectivity index (χ2n) is 14.3. The van der Waals surface area contributed by atoms with Crippen molar-refractivity contribution < 1.29 is 42.3 Å². The fourth-order valence-corrected chi connectivity index (χ4v) is 7.70. The Bertz CT molecular complexity index is 2730. The van der Waals surface area contributed by atoms with Gasteiger partial charge in [0.2, 0.25) is 0 Å². The van der Waals surface area contributed by atoms with Crippen LogP contribution in [0.3, 0.4) is 0 Å². The van der Waals surface area contributed by atoms with Crippen molar-refractivity contribution in [2.75, 3.05) is 31.5 Å². The van der Waals surface area contributed by atoms with Gasteiger partial charge in [-0.2, -0.15) is 0 Å². The number of nitrogens with two attached hydrogens (primary N) is 1. The average molecular weight is 881 g/mol. The molecule has 8 aromatic rings. The number of anilines is 2. The van der Waals surface area contributed by atoms with Crippen molar-refractivity contribution in [1.82, 2.24) is 0 Å². The van der Waals surface area contributed by atoms with Crippen LogP contribution in [-0.4, -0.2) is 26.4 Å². The topological polar surface area (TPSA) is 74.7 Å². The Morgan fingerprint density at radius 2 is 1.31 bits per heavy atom. The molecule has 6 heteroatoms. The second kappa shape index (κ2) is 22.3. The minimum absolute atomic E-state index is 0. The molecule has 0 spiro atoms. The van der Waals surface area contributed by atoms with Crippen molar-refractivity contribution in [2.24, 2.45) is 5.73 Å². The number of allylic oxidation sites excluding steroid dienone is 2. The molecule has 8 rings (SSSR count). The average Bonchev–Trinajstić information content (AvgIpc) is 3.68. The summed E-state index contributed by atoms with van der Waals surface area (Å²) in [6.45, 7) is 8.38. The summed E-state index contributed by atoms with van der Waals surface area (Å²) in [4.78, 5) is 0. The van der Waals surface area contributed by atoms with Crippen LogP contribution in [0, 0.1) is 6.92 Å². The molecule has 0 saturated carbocycles. The smallest absolute Gasteiger partial charge is 0.135 e. The zero-order valence-electron chi connectivity index (χ0n) is 36.5. The zero-order chi connectivity index (χ0) is 42.6. The molecule has 0 aliphatic carbocycles. The Morgan fingerprint density at radius 3 is 2.03 bits per heavy atom. The van der Waals surface area contributed by atoms with Crippen LogP contribution in [0.15, 0.2) is 168 Å². The van der Waals surface area contributed by atoms with Crippen LogP contribution in [0.4, 0.5) is 11.4 Å². The predicted molar refractivity (Wildman–Crippen MR) is 259 cm³/mol. The van der Waals surface area contributed by atoms with E-state index in [2.05, 4.69) is 171 Å². The van der Waals surface area contributed by atoms with Gasteiger partial charge in [0.1, 0.15) is 11.2 Å². The van der Waals surface area contributed by atoms with E-state index in [1.54, 1.807) is 7.05 Å². The van der Waals surface area contributed by atoms with Crippen molar-refractivity contribution in [3.05, 3.63) is 192 Å². The summed E-state index contributed by atoms with van der Waals surface area (Å²) in [5.41, 5.74) is 22.0. The number of hydrogen-bond acceptors (Lipinski definition) is 5. The van der Waals surface area contributed by atoms with E-state index < -0.39 is 0 Å². The SMILES string of the molecule is CC.CC/C=C\c1c(C)cccc1-c1cc(C/C=C(\c2ccccc2)c2ccc(-c3ccc(NC)c(N(C)O)c3)cc2)cc(-c2ccc3oc4ccccc4c3c2)c1.CN.[Y]. The number of aryl methyl sites for hydroxylation is 1. The monoisotopic (exact) mass is 880 g/mol. The van der Waals surface area contributed by atoms with Gasteiger partial charge >= 0.3 is 0 Å². The molecule has 0 saturated heterocycles. The molecule has 1 heterocycles. The van der Waals surface area contributed by atoms with Gasteiger partial charge in [-0.1, -0.05) is 154 Å². The standard InChI is InChI=1S/C52H46N2O2.C2H6.CH5N.Y/c1-5-6-16-44-35(2)13-12-18-46(44)43-31-36(30-42(32-43)40-26-29-52-48(33-40)47-17-10-11-19-51(47)56-52)20-27-45(38-14-8-7-9-15-38)39-23-21-37(22-24-39)41-25-28-49(53-3)50(34-41)54(4)55;2*1-2;/h6-19,21-34,53,55H,5,20H2,1-4H3;1-2H3;2H2,1H3;/b16-6-,45-27+;;;. The van der Waals surface area contributed by atoms with Crippen molar-refractivity contribution in [3.8, 4) is 33.4 Å². The first-order chi connectivity index (χ1) is 29.4. The summed E-state index contributed by atoms with van der Waals surface area (Å²) in [6.07, 6.45) is 8.61. The molecule has 0 atom stereocenters. The van der Waals surface area contributed by atoms with E-state index in [9.17, 15) is 5.21 Å². The fourth-order valence-electron chi connectivity index (χ4n) is 7.70. The Labute approximate surface area is 387 Å². The third kappa shape index (κ3) is 10.7. The van der Waals surface area contributed by atoms with E-state index >= 15 is 0 Å². The minimum Gasteiger partial charge on any atom is -0.456 e. The number of benzene rings is 7. The first-order valence-electron chi connectivity index (χ1n) is 20.9. The number of para-hydroxylation sites is 1. The summed E-state index contributed by atoms with van der Waals surface area (Å²) in [7, 11) is 5.00. The molecule has 0 bridgehead atoms. The van der Waals surface area contributed by atoms with Crippen LogP contribution in [0.5, 0.6) is 0 Å². The molecule has 1 aromatic heterocycles. The van der Waals surface area contributed by atoms with Gasteiger partial charge in [0.05, 0.1) is 11.4 Å². The van der Waals surface area contributed by atoms with Crippen LogP contribution in [0.1, 0.15) is 55.0 Å². The van der Waals surface area contributed by atoms with Crippen molar-refractivity contribution in [3.63, 3.8) is 0 Å². The van der Waals surface area contributed by atoms with Gasteiger partial charge < -0.3 is 15.5 Å². The van der Waals surface area contributed by atoms with E-state index in [1.807, 2.05) is 45.2 Å². The van der Waals surface area contributed by atoms with Gasteiger partial charge in [0.15, 0.2) is 0 Å². The van der Waals surface area contributed by atoms with E-state index in [1.165, 1.54) is 51.6 Å². The number of fused-ring (bicyclic) bond motifs is 3. The van der Waals surface area contributed by atoms with Crippen LogP contribution >= 0.6 is 0 Å². The summed E-state index contributed by atoms with van der Waals surface area (Å²) < 4.78 is 6.20.